The summed E-state index contributed by atoms with van der Waals surface area (Å²) >= 11 is 0. The minimum absolute atomic E-state index is 0.567. The number of oxazole rings is 1. The third-order valence-corrected chi connectivity index (χ3v) is 3.18. The van der Waals surface area contributed by atoms with E-state index in [-0.39, 0.29) is 0 Å². The molecule has 0 atom stereocenters. The number of para-hydroxylation sites is 2. The number of benzene rings is 1. The number of nitrogens with zero attached hydrogens (tertiary/aromatic N) is 5. The molecule has 0 saturated carbocycles. The van der Waals surface area contributed by atoms with Crippen LogP contribution in [0.4, 0.5) is 5.69 Å². The van der Waals surface area contributed by atoms with Gasteiger partial charge in [-0.15, -0.1) is 5.10 Å². The Morgan fingerprint density at radius 3 is 2.86 bits per heavy atom. The Morgan fingerprint density at radius 1 is 1.29 bits per heavy atom. The van der Waals surface area contributed by atoms with Gasteiger partial charge in [0, 0.05) is 6.42 Å². The van der Waals surface area contributed by atoms with Gasteiger partial charge in [-0.25, -0.2) is 4.98 Å². The van der Waals surface area contributed by atoms with Crippen LogP contribution in [0.2, 0.25) is 0 Å². The molecule has 3 rings (SSSR count). The monoisotopic (exact) mass is 284 g/mol. The van der Waals surface area contributed by atoms with Crippen LogP contribution in [0, 0.1) is 6.92 Å². The number of hydrogen-bond donors (Lipinski definition) is 1. The van der Waals surface area contributed by atoms with E-state index in [1.165, 1.54) is 0 Å². The third-order valence-electron chi connectivity index (χ3n) is 3.18. The molecule has 1 aromatic carbocycles. The predicted molar refractivity (Wildman–Crippen MR) is 77.1 cm³/mol. The Kier molecular flexibility index (Phi) is 3.63. The third kappa shape index (κ3) is 2.76. The standard InChI is InChI=1S/C14H16N6O/c1-3-14-17-10(2)13(21-14)8-15-11-6-4-5-7-12(11)20-9-16-18-19-20/h4-7,9,15H,3,8H2,1-2H3. The van der Waals surface area contributed by atoms with Crippen LogP contribution in [0.1, 0.15) is 24.3 Å². The number of tetrazole rings is 1. The first-order valence-electron chi connectivity index (χ1n) is 6.79. The first-order chi connectivity index (χ1) is 10.3. The molecule has 108 valence electrons. The fraction of sp³-hybridized carbons (Fsp3) is 0.286. The average Bonchev–Trinajstić information content (AvgIpc) is 3.15. The number of hydrogen-bond acceptors (Lipinski definition) is 6. The van der Waals surface area contributed by atoms with E-state index in [0.29, 0.717) is 6.54 Å². The Morgan fingerprint density at radius 2 is 2.14 bits per heavy atom. The number of aromatic nitrogens is 5. The molecule has 2 aromatic heterocycles. The van der Waals surface area contributed by atoms with Crippen LogP contribution >= 0.6 is 0 Å². The zero-order valence-corrected chi connectivity index (χ0v) is 11.9. The van der Waals surface area contributed by atoms with Gasteiger partial charge in [-0.2, -0.15) is 4.68 Å². The molecule has 21 heavy (non-hydrogen) atoms. The highest BCUT2D eigenvalue weighted by Gasteiger charge is 2.10. The summed E-state index contributed by atoms with van der Waals surface area (Å²) in [5.41, 5.74) is 2.73. The minimum atomic E-state index is 0.567. The van der Waals surface area contributed by atoms with Crippen molar-refractivity contribution in [3.63, 3.8) is 0 Å². The van der Waals surface area contributed by atoms with Gasteiger partial charge < -0.3 is 9.73 Å². The summed E-state index contributed by atoms with van der Waals surface area (Å²) in [4.78, 5) is 4.37. The molecule has 0 bridgehead atoms. The molecule has 0 amide bonds. The molecule has 0 fully saturated rings. The topological polar surface area (TPSA) is 81.7 Å². The highest BCUT2D eigenvalue weighted by Crippen LogP contribution is 2.20. The fourth-order valence-electron chi connectivity index (χ4n) is 2.07. The largest absolute Gasteiger partial charge is 0.444 e. The van der Waals surface area contributed by atoms with Gasteiger partial charge in [0.25, 0.3) is 0 Å². The van der Waals surface area contributed by atoms with Crippen LogP contribution in [0.5, 0.6) is 0 Å². The first-order valence-corrected chi connectivity index (χ1v) is 6.79. The van der Waals surface area contributed by atoms with Gasteiger partial charge in [0.05, 0.1) is 23.6 Å². The van der Waals surface area contributed by atoms with Crippen molar-refractivity contribution >= 4 is 5.69 Å². The summed E-state index contributed by atoms with van der Waals surface area (Å²) in [6, 6.07) is 7.82. The molecule has 0 spiro atoms. The molecule has 0 aliphatic heterocycles. The van der Waals surface area contributed by atoms with Gasteiger partial charge >= 0.3 is 0 Å². The van der Waals surface area contributed by atoms with E-state index in [9.17, 15) is 0 Å². The maximum Gasteiger partial charge on any atom is 0.194 e. The molecule has 7 heteroatoms. The van der Waals surface area contributed by atoms with Gasteiger partial charge in [-0.1, -0.05) is 19.1 Å². The smallest absolute Gasteiger partial charge is 0.194 e. The molecule has 0 unspecified atom stereocenters. The van der Waals surface area contributed by atoms with E-state index in [0.717, 1.165) is 35.1 Å². The first kappa shape index (κ1) is 13.3. The Balaban J connectivity index is 1.81. The van der Waals surface area contributed by atoms with Crippen LogP contribution in [0.25, 0.3) is 5.69 Å². The molecule has 0 aliphatic carbocycles. The summed E-state index contributed by atoms with van der Waals surface area (Å²) < 4.78 is 7.31. The lowest BCUT2D eigenvalue weighted by atomic mass is 10.2. The van der Waals surface area contributed by atoms with Crippen LogP contribution in [0.15, 0.2) is 35.0 Å². The molecule has 0 aliphatic rings. The molecule has 1 N–H and O–H groups in total. The van der Waals surface area contributed by atoms with Crippen molar-refractivity contribution in [2.24, 2.45) is 0 Å². The van der Waals surface area contributed by atoms with Gasteiger partial charge in [0.15, 0.2) is 5.89 Å². The van der Waals surface area contributed by atoms with Gasteiger partial charge in [-0.05, 0) is 29.5 Å². The Labute approximate surface area is 122 Å². The molecular formula is C14H16N6O. The van der Waals surface area contributed by atoms with E-state index in [4.69, 9.17) is 4.42 Å². The molecular weight excluding hydrogens is 268 g/mol. The molecule has 2 heterocycles. The van der Waals surface area contributed by atoms with Crippen molar-refractivity contribution in [1.29, 1.82) is 0 Å². The van der Waals surface area contributed by atoms with Crippen molar-refractivity contribution in [1.82, 2.24) is 25.2 Å². The Bertz CT molecular complexity index is 719. The van der Waals surface area contributed by atoms with Crippen LogP contribution in [-0.4, -0.2) is 25.2 Å². The van der Waals surface area contributed by atoms with Crippen molar-refractivity contribution in [3.05, 3.63) is 47.9 Å². The second-order valence-electron chi connectivity index (χ2n) is 4.59. The van der Waals surface area contributed by atoms with E-state index >= 15 is 0 Å². The minimum Gasteiger partial charge on any atom is -0.444 e. The summed E-state index contributed by atoms with van der Waals surface area (Å²) in [6.45, 7) is 4.54. The van der Waals surface area contributed by atoms with Crippen LogP contribution in [0.3, 0.4) is 0 Å². The summed E-state index contributed by atoms with van der Waals surface area (Å²) in [5.74, 6) is 1.61. The molecule has 3 aromatic rings. The zero-order chi connectivity index (χ0) is 14.7. The normalized spacial score (nSPS) is 10.8. The SMILES string of the molecule is CCc1nc(C)c(CNc2ccccc2-n2cnnn2)o1. The molecule has 7 nitrogen and oxygen atoms in total. The van der Waals surface area contributed by atoms with Crippen LogP contribution < -0.4 is 5.32 Å². The predicted octanol–water partition coefficient (Wildman–Crippen LogP) is 2.13. The van der Waals surface area contributed by atoms with Crippen molar-refractivity contribution in [3.8, 4) is 5.69 Å². The quantitative estimate of drug-likeness (QED) is 0.773. The number of nitrogens with one attached hydrogen (secondary N) is 1. The summed E-state index contributed by atoms with van der Waals surface area (Å²) in [6.07, 6.45) is 2.36. The lowest BCUT2D eigenvalue weighted by Gasteiger charge is -2.10. The van der Waals surface area contributed by atoms with E-state index in [2.05, 4.69) is 25.8 Å². The van der Waals surface area contributed by atoms with Gasteiger partial charge in [0.2, 0.25) is 0 Å². The van der Waals surface area contributed by atoms with Gasteiger partial charge in [-0.3, -0.25) is 0 Å². The second-order valence-corrected chi connectivity index (χ2v) is 4.59. The lowest BCUT2D eigenvalue weighted by Crippen LogP contribution is -2.05. The molecule has 0 saturated heterocycles. The van der Waals surface area contributed by atoms with E-state index in [1.807, 2.05) is 38.1 Å². The van der Waals surface area contributed by atoms with Crippen molar-refractivity contribution in [2.45, 2.75) is 26.8 Å². The number of aryl methyl sites for hydroxylation is 2. The highest BCUT2D eigenvalue weighted by atomic mass is 16.4. The van der Waals surface area contributed by atoms with E-state index < -0.39 is 0 Å². The fourth-order valence-corrected chi connectivity index (χ4v) is 2.07. The zero-order valence-electron chi connectivity index (χ0n) is 11.9. The number of anilines is 1. The maximum atomic E-state index is 5.70. The van der Waals surface area contributed by atoms with Crippen molar-refractivity contribution < 1.29 is 4.42 Å². The van der Waals surface area contributed by atoms with E-state index in [1.54, 1.807) is 11.0 Å². The Hall–Kier alpha value is -2.70. The van der Waals surface area contributed by atoms with Gasteiger partial charge in [0.1, 0.15) is 12.1 Å². The number of rotatable bonds is 5. The maximum absolute atomic E-state index is 5.70. The second kappa shape index (κ2) is 5.74. The van der Waals surface area contributed by atoms with Crippen molar-refractivity contribution in [2.75, 3.05) is 5.32 Å². The highest BCUT2D eigenvalue weighted by molar-refractivity contribution is 5.60. The average molecular weight is 284 g/mol. The van der Waals surface area contributed by atoms with Crippen LogP contribution in [-0.2, 0) is 13.0 Å². The summed E-state index contributed by atoms with van der Waals surface area (Å²) in [7, 11) is 0. The summed E-state index contributed by atoms with van der Waals surface area (Å²) in [5, 5.41) is 14.6. The molecule has 0 radical (unpaired) electrons. The lowest BCUT2D eigenvalue weighted by molar-refractivity contribution is 0.464.